The molecule has 0 fully saturated rings. The topological polar surface area (TPSA) is 121 Å². The largest absolute Gasteiger partial charge is 0.365 e. The first kappa shape index (κ1) is 24.9. The summed E-state index contributed by atoms with van der Waals surface area (Å²) in [4.78, 5) is 33.0. The number of carbonyl (C=O) groups excluding carboxylic acids is 1. The van der Waals surface area contributed by atoms with Crippen LogP contribution in [0.4, 0.5) is 5.82 Å². The Morgan fingerprint density at radius 2 is 1.97 bits per heavy atom. The van der Waals surface area contributed by atoms with Gasteiger partial charge in [0.25, 0.3) is 11.5 Å². The van der Waals surface area contributed by atoms with Crippen LogP contribution in [-0.2, 0) is 13.1 Å². The number of thiophene rings is 1. The molecule has 10 nitrogen and oxygen atoms in total. The number of nitrogens with zero attached hydrogens (tertiary/aromatic N) is 6. The minimum Gasteiger partial charge on any atom is -0.365 e. The van der Waals surface area contributed by atoms with Crippen molar-refractivity contribution < 1.29 is 9.32 Å². The summed E-state index contributed by atoms with van der Waals surface area (Å²) in [5.41, 5.74) is 2.33. The molecular weight excluding hydrogens is 558 g/mol. The second kappa shape index (κ2) is 10.8. The number of carbonyl (C=O) groups is 1. The van der Waals surface area contributed by atoms with Gasteiger partial charge in [0.1, 0.15) is 17.6 Å². The van der Waals surface area contributed by atoms with Crippen LogP contribution in [0.3, 0.4) is 0 Å². The number of rotatable bonds is 8. The first-order valence-electron chi connectivity index (χ1n) is 11.6. The number of anilines is 1. The Hall–Kier alpha value is -4.39. The molecule has 6 aromatic rings. The molecule has 0 atom stereocenters. The lowest BCUT2D eigenvalue weighted by molar-refractivity contribution is 0.0947. The van der Waals surface area contributed by atoms with Crippen molar-refractivity contribution in [2.24, 2.45) is 0 Å². The van der Waals surface area contributed by atoms with E-state index in [4.69, 9.17) is 16.1 Å². The molecule has 6 heterocycles. The highest BCUT2D eigenvalue weighted by Gasteiger charge is 2.22. The van der Waals surface area contributed by atoms with Crippen LogP contribution in [0.1, 0.15) is 20.1 Å². The fourth-order valence-electron chi connectivity index (χ4n) is 3.98. The molecule has 0 bridgehead atoms. The average molecular weight is 576 g/mol. The highest BCUT2D eigenvalue weighted by molar-refractivity contribution is 7.16. The van der Waals surface area contributed by atoms with Crippen molar-refractivity contribution in [1.29, 1.82) is 0 Å². The molecule has 0 saturated carbocycles. The van der Waals surface area contributed by atoms with Gasteiger partial charge in [-0.05, 0) is 41.9 Å². The van der Waals surface area contributed by atoms with E-state index < -0.39 is 5.91 Å². The Morgan fingerprint density at radius 3 is 2.69 bits per heavy atom. The van der Waals surface area contributed by atoms with Crippen LogP contribution in [-0.4, -0.2) is 34.8 Å². The third-order valence-corrected chi connectivity index (χ3v) is 7.77. The molecule has 39 heavy (non-hydrogen) atoms. The Morgan fingerprint density at radius 1 is 1.05 bits per heavy atom. The number of halogens is 1. The lowest BCUT2D eigenvalue weighted by Gasteiger charge is -2.11. The number of aromatic nitrogens is 6. The Balaban J connectivity index is 1.46. The van der Waals surface area contributed by atoms with Crippen LogP contribution in [0.25, 0.3) is 22.5 Å². The molecule has 194 valence electrons. The number of pyridine rings is 2. The monoisotopic (exact) mass is 575 g/mol. The van der Waals surface area contributed by atoms with Crippen LogP contribution in [0.15, 0.2) is 88.9 Å². The minimum atomic E-state index is -0.438. The third-order valence-electron chi connectivity index (χ3n) is 5.81. The first-order valence-corrected chi connectivity index (χ1v) is 13.6. The summed E-state index contributed by atoms with van der Waals surface area (Å²) in [5.74, 6) is -0.00586. The number of nitrogens with one attached hydrogen (secondary N) is 1. The van der Waals surface area contributed by atoms with Crippen LogP contribution < -0.4 is 10.9 Å². The maximum Gasteiger partial charge on any atom is 0.285 e. The van der Waals surface area contributed by atoms with E-state index in [2.05, 4.69) is 24.9 Å². The minimum absolute atomic E-state index is 0.222. The van der Waals surface area contributed by atoms with E-state index in [-0.39, 0.29) is 11.1 Å². The van der Waals surface area contributed by atoms with E-state index in [9.17, 15) is 9.59 Å². The molecule has 6 rings (SSSR count). The van der Waals surface area contributed by atoms with Crippen molar-refractivity contribution in [3.05, 3.63) is 110 Å². The Kier molecular flexibility index (Phi) is 6.88. The van der Waals surface area contributed by atoms with Crippen molar-refractivity contribution in [3.8, 4) is 22.5 Å². The summed E-state index contributed by atoms with van der Waals surface area (Å²) in [5, 5.41) is 11.5. The van der Waals surface area contributed by atoms with Gasteiger partial charge in [-0.1, -0.05) is 22.8 Å². The van der Waals surface area contributed by atoms with Crippen molar-refractivity contribution in [2.75, 3.05) is 5.32 Å². The highest BCUT2D eigenvalue weighted by Crippen LogP contribution is 2.32. The first-order chi connectivity index (χ1) is 19.0. The van der Waals surface area contributed by atoms with E-state index in [1.807, 2.05) is 36.4 Å². The van der Waals surface area contributed by atoms with Gasteiger partial charge in [0.2, 0.25) is 0 Å². The summed E-state index contributed by atoms with van der Waals surface area (Å²) in [6.07, 6.45) is 7.74. The summed E-state index contributed by atoms with van der Waals surface area (Å²) >= 11 is 8.85. The molecule has 0 aliphatic rings. The standard InChI is InChI=1S/C26H18ClN7O3S2/c27-23-5-4-17(38-23)12-29-24-10-22(32-34(24)26(36)16-11-30-37-15-16)19-9-25(35)33(13-18-6-8-31-39-18)14-20(19)21-3-1-2-7-28-21/h1-11,14-15,29H,12-13H2. The Labute approximate surface area is 234 Å². The van der Waals surface area contributed by atoms with Gasteiger partial charge in [-0.2, -0.15) is 9.78 Å². The van der Waals surface area contributed by atoms with Crippen LogP contribution in [0.5, 0.6) is 0 Å². The Bertz CT molecular complexity index is 1790. The highest BCUT2D eigenvalue weighted by atomic mass is 35.5. The zero-order valence-corrected chi connectivity index (χ0v) is 22.4. The third kappa shape index (κ3) is 5.30. The summed E-state index contributed by atoms with van der Waals surface area (Å²) in [7, 11) is 0. The maximum absolute atomic E-state index is 13.3. The molecule has 0 aliphatic heterocycles. The van der Waals surface area contributed by atoms with Gasteiger partial charge >= 0.3 is 0 Å². The number of hydrogen-bond acceptors (Lipinski definition) is 10. The van der Waals surface area contributed by atoms with Gasteiger partial charge in [-0.3, -0.25) is 14.6 Å². The molecule has 0 aromatic carbocycles. The smallest absolute Gasteiger partial charge is 0.285 e. The normalized spacial score (nSPS) is 11.1. The van der Waals surface area contributed by atoms with Gasteiger partial charge in [0.05, 0.1) is 35.0 Å². The van der Waals surface area contributed by atoms with E-state index >= 15 is 0 Å². The van der Waals surface area contributed by atoms with E-state index in [1.165, 1.54) is 46.1 Å². The maximum atomic E-state index is 13.3. The molecule has 6 aromatic heterocycles. The molecule has 0 unspecified atom stereocenters. The van der Waals surface area contributed by atoms with E-state index in [0.717, 1.165) is 9.75 Å². The van der Waals surface area contributed by atoms with Crippen LogP contribution in [0.2, 0.25) is 4.34 Å². The SMILES string of the molecule is O=C(c1cnoc1)n1nc(-c2cc(=O)n(Cc3ccns3)cc2-c2ccccn2)cc1NCc1ccc(Cl)s1. The predicted molar refractivity (Wildman–Crippen MR) is 149 cm³/mol. The lowest BCUT2D eigenvalue weighted by Crippen LogP contribution is -2.20. The van der Waals surface area contributed by atoms with E-state index in [0.29, 0.717) is 45.8 Å². The summed E-state index contributed by atoms with van der Waals surface area (Å²) in [6, 6.07) is 14.4. The number of hydrogen-bond donors (Lipinski definition) is 1. The average Bonchev–Trinajstić information content (AvgIpc) is 3.77. The van der Waals surface area contributed by atoms with E-state index in [1.54, 1.807) is 29.2 Å². The molecule has 0 aliphatic carbocycles. The molecule has 0 radical (unpaired) electrons. The molecule has 0 amide bonds. The summed E-state index contributed by atoms with van der Waals surface area (Å²) < 4.78 is 12.5. The quantitative estimate of drug-likeness (QED) is 0.260. The lowest BCUT2D eigenvalue weighted by atomic mass is 10.0. The molecule has 1 N–H and O–H groups in total. The molecule has 0 saturated heterocycles. The molecule has 13 heteroatoms. The van der Waals surface area contributed by atoms with Gasteiger partial charge in [-0.25, -0.2) is 4.37 Å². The van der Waals surface area contributed by atoms with Gasteiger partial charge in [0, 0.05) is 51.6 Å². The van der Waals surface area contributed by atoms with Crippen LogP contribution >= 0.6 is 34.5 Å². The van der Waals surface area contributed by atoms with Gasteiger partial charge < -0.3 is 14.4 Å². The zero-order valence-electron chi connectivity index (χ0n) is 20.0. The predicted octanol–water partition coefficient (Wildman–Crippen LogP) is 5.28. The second-order valence-corrected chi connectivity index (χ2v) is 11.1. The molecule has 0 spiro atoms. The zero-order chi connectivity index (χ0) is 26.8. The van der Waals surface area contributed by atoms with Crippen molar-refractivity contribution >= 4 is 46.2 Å². The van der Waals surface area contributed by atoms with Gasteiger partial charge in [0.15, 0.2) is 0 Å². The van der Waals surface area contributed by atoms with Crippen LogP contribution in [0, 0.1) is 0 Å². The molecular formula is C26H18ClN7O3S2. The fourth-order valence-corrected chi connectivity index (χ4v) is 5.58. The van der Waals surface area contributed by atoms with Crippen molar-refractivity contribution in [3.63, 3.8) is 0 Å². The van der Waals surface area contributed by atoms with Crippen molar-refractivity contribution in [2.45, 2.75) is 13.1 Å². The second-order valence-electron chi connectivity index (χ2n) is 8.36. The van der Waals surface area contributed by atoms with Gasteiger partial charge in [-0.15, -0.1) is 11.3 Å². The summed E-state index contributed by atoms with van der Waals surface area (Å²) in [6.45, 7) is 0.795. The fraction of sp³-hybridized carbons (Fsp3) is 0.0769. The van der Waals surface area contributed by atoms with Crippen molar-refractivity contribution in [1.82, 2.24) is 28.9 Å².